The minimum atomic E-state index is -0.499. The van der Waals surface area contributed by atoms with Crippen LogP contribution < -0.4 is 22.3 Å². The molecule has 148 valence electrons. The number of H-pyrrole nitrogens is 1. The van der Waals surface area contributed by atoms with E-state index >= 15 is 0 Å². The molecule has 4 rings (SSSR count). The van der Waals surface area contributed by atoms with Crippen LogP contribution in [0.25, 0.3) is 11.2 Å². The summed E-state index contributed by atoms with van der Waals surface area (Å²) in [5.41, 5.74) is 6.82. The molecule has 0 radical (unpaired) electrons. The van der Waals surface area contributed by atoms with Gasteiger partial charge < -0.3 is 11.1 Å². The Bertz CT molecular complexity index is 1130. The highest BCUT2D eigenvalue weighted by molar-refractivity contribution is 6.31. The molecule has 3 aromatic rings. The molecule has 2 aromatic heterocycles. The Hall–Kier alpha value is -2.58. The van der Waals surface area contributed by atoms with Gasteiger partial charge >= 0.3 is 5.69 Å². The van der Waals surface area contributed by atoms with Gasteiger partial charge in [0.05, 0.1) is 6.54 Å². The van der Waals surface area contributed by atoms with Crippen molar-refractivity contribution in [2.75, 3.05) is 5.32 Å². The van der Waals surface area contributed by atoms with Gasteiger partial charge in [-0.05, 0) is 24.5 Å². The van der Waals surface area contributed by atoms with E-state index in [1.807, 2.05) is 18.2 Å². The molecule has 0 aliphatic heterocycles. The third kappa shape index (κ3) is 3.33. The van der Waals surface area contributed by atoms with Gasteiger partial charge in [0.2, 0.25) is 5.95 Å². The fraction of sp³-hybridized carbons (Fsp3) is 0.421. The molecule has 1 fully saturated rings. The molecule has 2 heterocycles. The summed E-state index contributed by atoms with van der Waals surface area (Å²) in [4.78, 5) is 31.6. The van der Waals surface area contributed by atoms with Crippen molar-refractivity contribution in [2.24, 2.45) is 12.8 Å². The van der Waals surface area contributed by atoms with E-state index in [9.17, 15) is 9.59 Å². The number of nitrogens with two attached hydrogens (primary N) is 1. The summed E-state index contributed by atoms with van der Waals surface area (Å²) in [7, 11) is 1.59. The van der Waals surface area contributed by atoms with Gasteiger partial charge in [0.15, 0.2) is 11.2 Å². The van der Waals surface area contributed by atoms with E-state index in [0.29, 0.717) is 28.7 Å². The molecule has 0 saturated heterocycles. The predicted molar refractivity (Wildman–Crippen MR) is 110 cm³/mol. The lowest BCUT2D eigenvalue weighted by molar-refractivity contribution is 0.401. The molecule has 0 amide bonds. The van der Waals surface area contributed by atoms with Crippen LogP contribution in [0.3, 0.4) is 0 Å². The van der Waals surface area contributed by atoms with E-state index in [2.05, 4.69) is 15.3 Å². The highest BCUT2D eigenvalue weighted by atomic mass is 35.5. The second-order valence-electron chi connectivity index (χ2n) is 7.30. The molecule has 8 nitrogen and oxygen atoms in total. The molecule has 1 aliphatic rings. The number of aromatic amines is 1. The van der Waals surface area contributed by atoms with Crippen LogP contribution in [0.4, 0.5) is 5.95 Å². The molecule has 28 heavy (non-hydrogen) atoms. The minimum absolute atomic E-state index is 0.0180. The molecular weight excluding hydrogens is 380 g/mol. The Balaban J connectivity index is 1.86. The van der Waals surface area contributed by atoms with E-state index in [0.717, 1.165) is 31.2 Å². The van der Waals surface area contributed by atoms with Crippen molar-refractivity contribution in [3.63, 3.8) is 0 Å². The third-order valence-electron chi connectivity index (χ3n) is 5.43. The van der Waals surface area contributed by atoms with E-state index in [-0.39, 0.29) is 12.1 Å². The van der Waals surface area contributed by atoms with Gasteiger partial charge in [-0.25, -0.2) is 4.79 Å². The summed E-state index contributed by atoms with van der Waals surface area (Å²) in [5, 5.41) is 4.02. The first kappa shape index (κ1) is 18.8. The van der Waals surface area contributed by atoms with Crippen LogP contribution in [0.5, 0.6) is 0 Å². The standard InChI is InChI=1S/C19H23ClN6O2/c1-25-16-15(17(27)24-19(25)28)26(10-11-6-2-3-7-12(11)20)18(23-16)22-14-9-5-4-8-13(14)21/h2-3,6-7,13-14H,4-5,8-10,21H2,1H3,(H,22,23)(H,24,27,28)/t13-,14+/m1/s1. The molecule has 1 saturated carbocycles. The maximum Gasteiger partial charge on any atom is 0.329 e. The van der Waals surface area contributed by atoms with Crippen LogP contribution in [0.2, 0.25) is 5.02 Å². The molecule has 1 aliphatic carbocycles. The Morgan fingerprint density at radius 1 is 1.29 bits per heavy atom. The SMILES string of the molecule is Cn1c(=O)[nH]c(=O)c2c1nc(N[C@H]1CCCC[C@H]1N)n2Cc1ccccc1Cl. The van der Waals surface area contributed by atoms with Gasteiger partial charge in [0, 0.05) is 24.2 Å². The predicted octanol–water partition coefficient (Wildman–Crippen LogP) is 1.81. The number of benzene rings is 1. The Kier molecular flexibility index (Phi) is 4.99. The van der Waals surface area contributed by atoms with Gasteiger partial charge in [-0.3, -0.25) is 18.9 Å². The van der Waals surface area contributed by atoms with Crippen LogP contribution in [-0.2, 0) is 13.6 Å². The normalized spacial score (nSPS) is 19.8. The summed E-state index contributed by atoms with van der Waals surface area (Å²) < 4.78 is 3.11. The van der Waals surface area contributed by atoms with E-state index < -0.39 is 11.2 Å². The van der Waals surface area contributed by atoms with Crippen LogP contribution >= 0.6 is 11.6 Å². The number of aryl methyl sites for hydroxylation is 1. The Morgan fingerprint density at radius 3 is 2.79 bits per heavy atom. The Morgan fingerprint density at radius 2 is 2.04 bits per heavy atom. The van der Waals surface area contributed by atoms with Crippen LogP contribution in [-0.4, -0.2) is 31.2 Å². The molecule has 2 atom stereocenters. The first-order chi connectivity index (χ1) is 13.5. The van der Waals surface area contributed by atoms with E-state index in [1.54, 1.807) is 17.7 Å². The molecule has 9 heteroatoms. The van der Waals surface area contributed by atoms with Crippen molar-refractivity contribution < 1.29 is 0 Å². The van der Waals surface area contributed by atoms with Crippen LogP contribution in [0, 0.1) is 0 Å². The van der Waals surface area contributed by atoms with Crippen molar-refractivity contribution in [1.82, 2.24) is 19.1 Å². The number of aromatic nitrogens is 4. The zero-order valence-electron chi connectivity index (χ0n) is 15.6. The fourth-order valence-corrected chi connectivity index (χ4v) is 4.00. The molecule has 4 N–H and O–H groups in total. The summed E-state index contributed by atoms with van der Waals surface area (Å²) in [5.74, 6) is 0.518. The quantitative estimate of drug-likeness (QED) is 0.616. The van der Waals surface area contributed by atoms with Crippen LogP contribution in [0.1, 0.15) is 31.2 Å². The van der Waals surface area contributed by atoms with E-state index in [1.165, 1.54) is 4.57 Å². The zero-order valence-corrected chi connectivity index (χ0v) is 16.4. The smallest absolute Gasteiger partial charge is 0.329 e. The summed E-state index contributed by atoms with van der Waals surface area (Å²) >= 11 is 6.34. The zero-order chi connectivity index (χ0) is 19.8. The number of hydrogen-bond donors (Lipinski definition) is 3. The van der Waals surface area contributed by atoms with E-state index in [4.69, 9.17) is 17.3 Å². The number of halogens is 1. The van der Waals surface area contributed by atoms with Crippen LogP contribution in [0.15, 0.2) is 33.9 Å². The van der Waals surface area contributed by atoms with Gasteiger partial charge in [-0.15, -0.1) is 0 Å². The van der Waals surface area contributed by atoms with Gasteiger partial charge in [0.1, 0.15) is 0 Å². The molecule has 0 bridgehead atoms. The lowest BCUT2D eigenvalue weighted by Gasteiger charge is -2.29. The number of imidazole rings is 1. The van der Waals surface area contributed by atoms with Gasteiger partial charge in [-0.1, -0.05) is 42.6 Å². The van der Waals surface area contributed by atoms with Crippen molar-refractivity contribution in [3.8, 4) is 0 Å². The highest BCUT2D eigenvalue weighted by Crippen LogP contribution is 2.25. The second kappa shape index (κ2) is 7.44. The van der Waals surface area contributed by atoms with Gasteiger partial charge in [-0.2, -0.15) is 4.98 Å². The van der Waals surface area contributed by atoms with Crippen molar-refractivity contribution in [2.45, 2.75) is 44.3 Å². The molecule has 0 spiro atoms. The lowest BCUT2D eigenvalue weighted by atomic mass is 9.91. The van der Waals surface area contributed by atoms with Crippen molar-refractivity contribution in [1.29, 1.82) is 0 Å². The second-order valence-corrected chi connectivity index (χ2v) is 7.71. The number of nitrogens with one attached hydrogen (secondary N) is 2. The third-order valence-corrected chi connectivity index (χ3v) is 5.80. The lowest BCUT2D eigenvalue weighted by Crippen LogP contribution is -2.43. The van der Waals surface area contributed by atoms with Crippen molar-refractivity contribution >= 4 is 28.7 Å². The average molecular weight is 403 g/mol. The first-order valence-corrected chi connectivity index (χ1v) is 9.78. The summed E-state index contributed by atoms with van der Waals surface area (Å²) in [6.45, 7) is 0.349. The maximum absolute atomic E-state index is 12.6. The number of rotatable bonds is 4. The largest absolute Gasteiger partial charge is 0.351 e. The summed E-state index contributed by atoms with van der Waals surface area (Å²) in [6, 6.07) is 7.54. The monoisotopic (exact) mass is 402 g/mol. The van der Waals surface area contributed by atoms with Crippen molar-refractivity contribution in [3.05, 3.63) is 55.7 Å². The number of hydrogen-bond acceptors (Lipinski definition) is 5. The minimum Gasteiger partial charge on any atom is -0.351 e. The molecule has 0 unspecified atom stereocenters. The number of anilines is 1. The maximum atomic E-state index is 12.6. The molecular formula is C19H23ClN6O2. The Labute approximate surface area is 166 Å². The highest BCUT2D eigenvalue weighted by Gasteiger charge is 2.25. The number of nitrogens with zero attached hydrogens (tertiary/aromatic N) is 3. The average Bonchev–Trinajstić information content (AvgIpc) is 3.02. The number of fused-ring (bicyclic) bond motifs is 1. The topological polar surface area (TPSA) is 111 Å². The summed E-state index contributed by atoms with van der Waals surface area (Å²) in [6.07, 6.45) is 4.09. The molecule has 1 aromatic carbocycles. The fourth-order valence-electron chi connectivity index (χ4n) is 3.80. The first-order valence-electron chi connectivity index (χ1n) is 9.41. The van der Waals surface area contributed by atoms with Gasteiger partial charge in [0.25, 0.3) is 5.56 Å².